The minimum atomic E-state index is -0.549. The van der Waals surface area contributed by atoms with Gasteiger partial charge in [0.1, 0.15) is 0 Å². The number of allylic oxidation sites excluding steroid dienone is 1. The Labute approximate surface area is 162 Å². The Balaban J connectivity index is 1.97. The number of rotatable bonds is 6. The van der Waals surface area contributed by atoms with Gasteiger partial charge in [0, 0.05) is 28.2 Å². The van der Waals surface area contributed by atoms with Gasteiger partial charge in [-0.05, 0) is 42.8 Å². The maximum atomic E-state index is 12.6. The monoisotopic (exact) mass is 379 g/mol. The molecule has 0 bridgehead atoms. The molecule has 0 radical (unpaired) electrons. The maximum absolute atomic E-state index is 12.6. The Hall–Kier alpha value is -3.61. The second-order valence-electron chi connectivity index (χ2n) is 6.38. The van der Waals surface area contributed by atoms with E-state index in [0.29, 0.717) is 28.8 Å². The summed E-state index contributed by atoms with van der Waals surface area (Å²) in [4.78, 5) is 35.6. The van der Waals surface area contributed by atoms with Gasteiger partial charge < -0.3 is 21.1 Å². The lowest BCUT2D eigenvalue weighted by Crippen LogP contribution is -2.11. The maximum Gasteiger partial charge on any atom is 0.337 e. The van der Waals surface area contributed by atoms with Crippen molar-refractivity contribution >= 4 is 34.7 Å². The van der Waals surface area contributed by atoms with Crippen LogP contribution in [-0.2, 0) is 9.53 Å². The lowest BCUT2D eigenvalue weighted by Gasteiger charge is -2.14. The highest BCUT2D eigenvalue weighted by Crippen LogP contribution is 2.36. The summed E-state index contributed by atoms with van der Waals surface area (Å²) in [6.07, 6.45) is 1.48. The fourth-order valence-corrected chi connectivity index (χ4v) is 3.11. The number of ether oxygens (including phenoxy) is 1. The van der Waals surface area contributed by atoms with Gasteiger partial charge in [-0.15, -0.1) is 0 Å². The summed E-state index contributed by atoms with van der Waals surface area (Å²) in [5, 5.41) is 6.08. The van der Waals surface area contributed by atoms with Gasteiger partial charge in [-0.1, -0.05) is 19.4 Å². The zero-order valence-corrected chi connectivity index (χ0v) is 15.7. The molecule has 0 atom stereocenters. The zero-order valence-electron chi connectivity index (χ0n) is 15.7. The first kappa shape index (κ1) is 19.2. The highest BCUT2D eigenvalue weighted by atomic mass is 16.5. The molecule has 1 aliphatic heterocycles. The van der Waals surface area contributed by atoms with Gasteiger partial charge in [-0.3, -0.25) is 9.59 Å². The Bertz CT molecular complexity index is 978. The fraction of sp³-hybridized carbons (Fsp3) is 0.190. The first-order valence-electron chi connectivity index (χ1n) is 8.88. The molecule has 0 fully saturated rings. The highest BCUT2D eigenvalue weighted by molar-refractivity contribution is 6.32. The molecule has 144 valence electrons. The quantitative estimate of drug-likeness (QED) is 0.527. The number of nitrogens with one attached hydrogen (secondary N) is 2. The molecule has 28 heavy (non-hydrogen) atoms. The molecule has 0 spiro atoms. The van der Waals surface area contributed by atoms with Crippen molar-refractivity contribution in [1.29, 1.82) is 0 Å². The SMILES string of the molecule is CCC/C(Nc1ccc(C(=O)OC)cc1)=C1/C(=O)Nc2cc(C(N)=O)ccc21. The summed E-state index contributed by atoms with van der Waals surface area (Å²) < 4.78 is 4.70. The van der Waals surface area contributed by atoms with Crippen LogP contribution in [-0.4, -0.2) is 24.9 Å². The fourth-order valence-electron chi connectivity index (χ4n) is 3.11. The zero-order chi connectivity index (χ0) is 20.3. The van der Waals surface area contributed by atoms with Crippen molar-refractivity contribution in [3.63, 3.8) is 0 Å². The Kier molecular flexibility index (Phi) is 5.44. The molecule has 7 nitrogen and oxygen atoms in total. The molecule has 0 unspecified atom stereocenters. The number of fused-ring (bicyclic) bond motifs is 1. The Morgan fingerprint density at radius 2 is 1.79 bits per heavy atom. The van der Waals surface area contributed by atoms with Crippen LogP contribution < -0.4 is 16.4 Å². The van der Waals surface area contributed by atoms with Crippen LogP contribution >= 0.6 is 0 Å². The van der Waals surface area contributed by atoms with E-state index in [1.165, 1.54) is 7.11 Å². The van der Waals surface area contributed by atoms with E-state index in [2.05, 4.69) is 10.6 Å². The van der Waals surface area contributed by atoms with Crippen molar-refractivity contribution in [3.8, 4) is 0 Å². The molecule has 0 aliphatic carbocycles. The van der Waals surface area contributed by atoms with Crippen LogP contribution in [0, 0.1) is 0 Å². The van der Waals surface area contributed by atoms with Crippen LogP contribution in [0.3, 0.4) is 0 Å². The molecular formula is C21H21N3O4. The molecule has 0 aromatic heterocycles. The number of hydrogen-bond acceptors (Lipinski definition) is 5. The third kappa shape index (κ3) is 3.73. The molecule has 0 saturated carbocycles. The Morgan fingerprint density at radius 1 is 1.11 bits per heavy atom. The molecule has 0 saturated heterocycles. The van der Waals surface area contributed by atoms with Gasteiger partial charge in [-0.25, -0.2) is 4.79 Å². The van der Waals surface area contributed by atoms with Gasteiger partial charge >= 0.3 is 5.97 Å². The topological polar surface area (TPSA) is 111 Å². The van der Waals surface area contributed by atoms with Gasteiger partial charge in [0.15, 0.2) is 0 Å². The molecule has 3 rings (SSSR count). The van der Waals surface area contributed by atoms with E-state index in [1.54, 1.807) is 42.5 Å². The molecule has 1 aliphatic rings. The van der Waals surface area contributed by atoms with E-state index in [9.17, 15) is 14.4 Å². The van der Waals surface area contributed by atoms with Gasteiger partial charge in [0.25, 0.3) is 5.91 Å². The second-order valence-corrected chi connectivity index (χ2v) is 6.38. The molecule has 2 aromatic carbocycles. The second kappa shape index (κ2) is 7.96. The van der Waals surface area contributed by atoms with E-state index in [4.69, 9.17) is 10.5 Å². The van der Waals surface area contributed by atoms with E-state index < -0.39 is 11.9 Å². The van der Waals surface area contributed by atoms with Crippen LogP contribution in [0.5, 0.6) is 0 Å². The van der Waals surface area contributed by atoms with E-state index in [0.717, 1.165) is 23.4 Å². The smallest absolute Gasteiger partial charge is 0.337 e. The molecule has 1 heterocycles. The van der Waals surface area contributed by atoms with Gasteiger partial charge in [-0.2, -0.15) is 0 Å². The number of amides is 2. The summed E-state index contributed by atoms with van der Waals surface area (Å²) in [5.74, 6) is -1.20. The number of nitrogens with two attached hydrogens (primary N) is 1. The predicted octanol–water partition coefficient (Wildman–Crippen LogP) is 3.15. The summed E-state index contributed by atoms with van der Waals surface area (Å²) in [6, 6.07) is 11.7. The third-order valence-electron chi connectivity index (χ3n) is 4.45. The standard InChI is InChI=1S/C21H21N3O4/c1-3-4-16(23-14-8-5-12(6-9-14)21(27)28-2)18-15-10-7-13(19(22)25)11-17(15)24-20(18)26/h5-11,23H,3-4H2,1-2H3,(H2,22,25)(H,24,26)/b18-16-. The third-order valence-corrected chi connectivity index (χ3v) is 4.45. The number of carbonyl (C=O) groups excluding carboxylic acids is 3. The first-order valence-corrected chi connectivity index (χ1v) is 8.88. The molecule has 4 N–H and O–H groups in total. The van der Waals surface area contributed by atoms with Crippen molar-refractivity contribution in [2.75, 3.05) is 17.7 Å². The van der Waals surface area contributed by atoms with Crippen LogP contribution in [0.25, 0.3) is 5.57 Å². The largest absolute Gasteiger partial charge is 0.465 e. The number of hydrogen-bond donors (Lipinski definition) is 3. The van der Waals surface area contributed by atoms with Crippen LogP contribution in [0.2, 0.25) is 0 Å². The minimum absolute atomic E-state index is 0.237. The summed E-state index contributed by atoms with van der Waals surface area (Å²) in [7, 11) is 1.33. The number of carbonyl (C=O) groups is 3. The average molecular weight is 379 g/mol. The highest BCUT2D eigenvalue weighted by Gasteiger charge is 2.28. The number of methoxy groups -OCH3 is 1. The Morgan fingerprint density at radius 3 is 2.39 bits per heavy atom. The number of esters is 1. The number of anilines is 2. The average Bonchev–Trinajstić information content (AvgIpc) is 3.02. The van der Waals surface area contributed by atoms with E-state index in [-0.39, 0.29) is 5.91 Å². The lowest BCUT2D eigenvalue weighted by molar-refractivity contribution is -0.110. The first-order chi connectivity index (χ1) is 13.4. The molecule has 2 aromatic rings. The summed E-state index contributed by atoms with van der Waals surface area (Å²) in [5.41, 5.74) is 9.43. The molecule has 2 amide bonds. The van der Waals surface area contributed by atoms with E-state index >= 15 is 0 Å². The lowest BCUT2D eigenvalue weighted by atomic mass is 10.0. The van der Waals surface area contributed by atoms with E-state index in [1.807, 2.05) is 6.92 Å². The normalized spacial score (nSPS) is 14.1. The minimum Gasteiger partial charge on any atom is -0.465 e. The van der Waals surface area contributed by atoms with Crippen molar-refractivity contribution in [3.05, 3.63) is 64.9 Å². The number of benzene rings is 2. The van der Waals surface area contributed by atoms with Gasteiger partial charge in [0.05, 0.1) is 18.2 Å². The summed E-state index contributed by atoms with van der Waals surface area (Å²) >= 11 is 0. The van der Waals surface area contributed by atoms with Gasteiger partial charge in [0.2, 0.25) is 5.91 Å². The molecular weight excluding hydrogens is 358 g/mol. The van der Waals surface area contributed by atoms with Crippen molar-refractivity contribution < 1.29 is 19.1 Å². The van der Waals surface area contributed by atoms with Crippen LogP contribution in [0.1, 0.15) is 46.0 Å². The van der Waals surface area contributed by atoms with Crippen LogP contribution in [0.4, 0.5) is 11.4 Å². The number of primary amides is 1. The van der Waals surface area contributed by atoms with Crippen molar-refractivity contribution in [2.45, 2.75) is 19.8 Å². The summed E-state index contributed by atoms with van der Waals surface area (Å²) in [6.45, 7) is 2.02. The van der Waals surface area contributed by atoms with Crippen molar-refractivity contribution in [1.82, 2.24) is 0 Å². The van der Waals surface area contributed by atoms with Crippen LogP contribution in [0.15, 0.2) is 48.2 Å². The predicted molar refractivity (Wildman–Crippen MR) is 107 cm³/mol. The van der Waals surface area contributed by atoms with Crippen molar-refractivity contribution in [2.24, 2.45) is 5.73 Å². The molecule has 7 heteroatoms.